The SMILES string of the molecule is COc1ccc(C)cc1Nc1cc(NCc2cccnc2)ncn1. The van der Waals surface area contributed by atoms with E-state index < -0.39 is 0 Å². The Morgan fingerprint density at radius 2 is 1.96 bits per heavy atom. The number of hydrogen-bond donors (Lipinski definition) is 2. The van der Waals surface area contributed by atoms with Gasteiger partial charge in [0.05, 0.1) is 12.8 Å². The number of pyridine rings is 1. The van der Waals surface area contributed by atoms with Gasteiger partial charge in [0.2, 0.25) is 0 Å². The predicted molar refractivity (Wildman–Crippen MR) is 94.6 cm³/mol. The largest absolute Gasteiger partial charge is 0.495 e. The first-order chi connectivity index (χ1) is 11.7. The summed E-state index contributed by atoms with van der Waals surface area (Å²) in [6, 6.07) is 11.7. The zero-order chi connectivity index (χ0) is 16.8. The molecule has 0 amide bonds. The zero-order valence-corrected chi connectivity index (χ0v) is 13.7. The van der Waals surface area contributed by atoms with Crippen LogP contribution in [-0.2, 0) is 6.54 Å². The molecule has 0 spiro atoms. The number of hydrogen-bond acceptors (Lipinski definition) is 6. The van der Waals surface area contributed by atoms with Crippen molar-refractivity contribution in [3.05, 3.63) is 66.2 Å². The normalized spacial score (nSPS) is 10.2. The van der Waals surface area contributed by atoms with Crippen molar-refractivity contribution in [2.24, 2.45) is 0 Å². The number of ether oxygens (including phenoxy) is 1. The molecule has 2 aromatic heterocycles. The lowest BCUT2D eigenvalue weighted by Gasteiger charge is -2.12. The standard InChI is InChI=1S/C18H19N5O/c1-13-5-6-16(24-2)15(8-13)23-18-9-17(21-12-22-18)20-11-14-4-3-7-19-10-14/h3-10,12H,11H2,1-2H3,(H2,20,21,22,23). The fourth-order valence-electron chi connectivity index (χ4n) is 2.28. The summed E-state index contributed by atoms with van der Waals surface area (Å²) in [5, 5.41) is 6.54. The van der Waals surface area contributed by atoms with E-state index in [2.05, 4.69) is 25.6 Å². The maximum absolute atomic E-state index is 5.38. The van der Waals surface area contributed by atoms with Crippen molar-refractivity contribution in [1.29, 1.82) is 0 Å². The number of anilines is 3. The molecule has 0 fully saturated rings. The van der Waals surface area contributed by atoms with Gasteiger partial charge in [0.15, 0.2) is 0 Å². The first-order valence-corrected chi connectivity index (χ1v) is 7.61. The van der Waals surface area contributed by atoms with Crippen molar-refractivity contribution in [3.8, 4) is 5.75 Å². The second kappa shape index (κ2) is 7.41. The molecule has 0 saturated carbocycles. The molecular weight excluding hydrogens is 302 g/mol. The molecule has 0 unspecified atom stereocenters. The Bertz CT molecular complexity index is 808. The van der Waals surface area contributed by atoms with Crippen molar-refractivity contribution in [2.75, 3.05) is 17.7 Å². The van der Waals surface area contributed by atoms with E-state index in [-0.39, 0.29) is 0 Å². The third-order valence-electron chi connectivity index (χ3n) is 3.48. The molecule has 1 aromatic carbocycles. The summed E-state index contributed by atoms with van der Waals surface area (Å²) < 4.78 is 5.38. The maximum Gasteiger partial charge on any atom is 0.142 e. The lowest BCUT2D eigenvalue weighted by molar-refractivity contribution is 0.416. The maximum atomic E-state index is 5.38. The Kier molecular flexibility index (Phi) is 4.86. The van der Waals surface area contributed by atoms with Crippen LogP contribution in [0.5, 0.6) is 5.75 Å². The predicted octanol–water partition coefficient (Wildman–Crippen LogP) is 3.54. The quantitative estimate of drug-likeness (QED) is 0.723. The van der Waals surface area contributed by atoms with E-state index in [1.807, 2.05) is 49.5 Å². The van der Waals surface area contributed by atoms with Gasteiger partial charge >= 0.3 is 0 Å². The van der Waals surface area contributed by atoms with E-state index in [0.717, 1.165) is 28.4 Å². The fraction of sp³-hybridized carbons (Fsp3) is 0.167. The average molecular weight is 321 g/mol. The van der Waals surface area contributed by atoms with Gasteiger partial charge in [0, 0.05) is 25.0 Å². The smallest absolute Gasteiger partial charge is 0.142 e. The van der Waals surface area contributed by atoms with Gasteiger partial charge in [0.25, 0.3) is 0 Å². The molecule has 2 heterocycles. The van der Waals surface area contributed by atoms with Gasteiger partial charge in [-0.05, 0) is 36.2 Å². The summed E-state index contributed by atoms with van der Waals surface area (Å²) in [5.41, 5.74) is 3.10. The molecule has 2 N–H and O–H groups in total. The number of methoxy groups -OCH3 is 1. The molecule has 0 atom stereocenters. The summed E-state index contributed by atoms with van der Waals surface area (Å²) in [6.45, 7) is 2.68. The van der Waals surface area contributed by atoms with E-state index >= 15 is 0 Å². The van der Waals surface area contributed by atoms with Crippen molar-refractivity contribution < 1.29 is 4.74 Å². The monoisotopic (exact) mass is 321 g/mol. The zero-order valence-electron chi connectivity index (χ0n) is 13.7. The van der Waals surface area contributed by atoms with Crippen LogP contribution < -0.4 is 15.4 Å². The van der Waals surface area contributed by atoms with Crippen molar-refractivity contribution in [3.63, 3.8) is 0 Å². The Morgan fingerprint density at radius 1 is 1.08 bits per heavy atom. The summed E-state index contributed by atoms with van der Waals surface area (Å²) in [7, 11) is 1.65. The number of benzene rings is 1. The number of rotatable bonds is 6. The fourth-order valence-corrected chi connectivity index (χ4v) is 2.28. The molecule has 6 nitrogen and oxygen atoms in total. The Balaban J connectivity index is 1.72. The summed E-state index contributed by atoms with van der Waals surface area (Å²) in [4.78, 5) is 12.6. The molecule has 0 radical (unpaired) electrons. The van der Waals surface area contributed by atoms with E-state index in [0.29, 0.717) is 12.4 Å². The highest BCUT2D eigenvalue weighted by Gasteiger charge is 2.05. The molecule has 0 aliphatic rings. The van der Waals surface area contributed by atoms with Crippen LogP contribution in [0.25, 0.3) is 0 Å². The first kappa shape index (κ1) is 15.7. The van der Waals surface area contributed by atoms with Gasteiger partial charge in [-0.1, -0.05) is 12.1 Å². The van der Waals surface area contributed by atoms with Crippen molar-refractivity contribution in [1.82, 2.24) is 15.0 Å². The Labute approximate surface area is 141 Å². The molecule has 3 aromatic rings. The van der Waals surface area contributed by atoms with Crippen LogP contribution in [0.1, 0.15) is 11.1 Å². The molecular formula is C18H19N5O. The average Bonchev–Trinajstić information content (AvgIpc) is 2.61. The minimum atomic E-state index is 0.651. The van der Waals surface area contributed by atoms with Gasteiger partial charge in [0.1, 0.15) is 23.7 Å². The molecule has 0 aliphatic carbocycles. The Morgan fingerprint density at radius 3 is 2.75 bits per heavy atom. The van der Waals surface area contributed by atoms with Gasteiger partial charge in [-0.3, -0.25) is 4.98 Å². The molecule has 0 saturated heterocycles. The van der Waals surface area contributed by atoms with Crippen LogP contribution in [0.3, 0.4) is 0 Å². The van der Waals surface area contributed by atoms with E-state index in [4.69, 9.17) is 4.74 Å². The lowest BCUT2D eigenvalue weighted by atomic mass is 10.2. The first-order valence-electron chi connectivity index (χ1n) is 7.61. The second-order valence-corrected chi connectivity index (χ2v) is 5.33. The molecule has 0 aliphatic heterocycles. The van der Waals surface area contributed by atoms with Gasteiger partial charge in [-0.15, -0.1) is 0 Å². The molecule has 24 heavy (non-hydrogen) atoms. The van der Waals surface area contributed by atoms with Crippen LogP contribution in [-0.4, -0.2) is 22.1 Å². The van der Waals surface area contributed by atoms with Crippen molar-refractivity contribution >= 4 is 17.3 Å². The van der Waals surface area contributed by atoms with E-state index in [1.165, 1.54) is 6.33 Å². The third-order valence-corrected chi connectivity index (χ3v) is 3.48. The minimum Gasteiger partial charge on any atom is -0.495 e. The molecule has 0 bridgehead atoms. The molecule has 122 valence electrons. The summed E-state index contributed by atoms with van der Waals surface area (Å²) in [5.74, 6) is 2.20. The van der Waals surface area contributed by atoms with Crippen LogP contribution in [0.2, 0.25) is 0 Å². The van der Waals surface area contributed by atoms with E-state index in [1.54, 1.807) is 13.3 Å². The van der Waals surface area contributed by atoms with Gasteiger partial charge < -0.3 is 15.4 Å². The summed E-state index contributed by atoms with van der Waals surface area (Å²) >= 11 is 0. The lowest BCUT2D eigenvalue weighted by Crippen LogP contribution is -2.03. The van der Waals surface area contributed by atoms with Crippen molar-refractivity contribution in [2.45, 2.75) is 13.5 Å². The molecule has 6 heteroatoms. The number of nitrogens with zero attached hydrogens (tertiary/aromatic N) is 3. The van der Waals surface area contributed by atoms with Crippen LogP contribution >= 0.6 is 0 Å². The highest BCUT2D eigenvalue weighted by molar-refractivity contribution is 5.66. The topological polar surface area (TPSA) is 72.0 Å². The highest BCUT2D eigenvalue weighted by atomic mass is 16.5. The van der Waals surface area contributed by atoms with Crippen LogP contribution in [0, 0.1) is 6.92 Å². The second-order valence-electron chi connectivity index (χ2n) is 5.33. The minimum absolute atomic E-state index is 0.651. The third kappa shape index (κ3) is 3.98. The highest BCUT2D eigenvalue weighted by Crippen LogP contribution is 2.28. The van der Waals surface area contributed by atoms with E-state index in [9.17, 15) is 0 Å². The van der Waals surface area contributed by atoms with Crippen LogP contribution in [0.15, 0.2) is 55.1 Å². The Hall–Kier alpha value is -3.15. The number of aromatic nitrogens is 3. The summed E-state index contributed by atoms with van der Waals surface area (Å²) in [6.07, 6.45) is 5.10. The molecule has 3 rings (SSSR count). The number of aryl methyl sites for hydroxylation is 1. The number of nitrogens with one attached hydrogen (secondary N) is 2. The van der Waals surface area contributed by atoms with Gasteiger partial charge in [-0.25, -0.2) is 9.97 Å². The van der Waals surface area contributed by atoms with Crippen LogP contribution in [0.4, 0.5) is 17.3 Å². The van der Waals surface area contributed by atoms with Gasteiger partial charge in [-0.2, -0.15) is 0 Å².